The first kappa shape index (κ1) is 20.6. The summed E-state index contributed by atoms with van der Waals surface area (Å²) in [6.07, 6.45) is 6.83. The summed E-state index contributed by atoms with van der Waals surface area (Å²) in [5.41, 5.74) is 4.75. The maximum atomic E-state index is 14.4. The SMILES string of the molecule is COC1C(c2c[nH]c3ncc(-c4cccc(C(=O)N5CCOCC5)c4)cc23)=CC=CC1F. The Balaban J connectivity index is 1.51. The number of morpholine rings is 1. The van der Waals surface area contributed by atoms with E-state index >= 15 is 0 Å². The van der Waals surface area contributed by atoms with Gasteiger partial charge in [0.15, 0.2) is 0 Å². The monoisotopic (exact) mass is 433 g/mol. The van der Waals surface area contributed by atoms with Gasteiger partial charge in [-0.05, 0) is 35.4 Å². The maximum Gasteiger partial charge on any atom is 0.254 e. The molecule has 164 valence electrons. The highest BCUT2D eigenvalue weighted by Crippen LogP contribution is 2.34. The van der Waals surface area contributed by atoms with Crippen molar-refractivity contribution in [3.63, 3.8) is 0 Å². The fraction of sp³-hybridized carbons (Fsp3) is 0.280. The van der Waals surface area contributed by atoms with Gasteiger partial charge in [0.05, 0.1) is 13.2 Å². The van der Waals surface area contributed by atoms with Gasteiger partial charge in [0, 0.05) is 54.7 Å². The second kappa shape index (κ2) is 8.68. The first-order valence-corrected chi connectivity index (χ1v) is 10.7. The minimum absolute atomic E-state index is 0.00240. The van der Waals surface area contributed by atoms with Crippen LogP contribution in [-0.4, -0.2) is 66.5 Å². The topological polar surface area (TPSA) is 67.5 Å². The zero-order valence-electron chi connectivity index (χ0n) is 17.8. The summed E-state index contributed by atoms with van der Waals surface area (Å²) in [7, 11) is 1.51. The van der Waals surface area contributed by atoms with Gasteiger partial charge in [0.1, 0.15) is 17.9 Å². The standard InChI is InChI=1S/C25H24FN3O3/c1-31-23-19(6-3-7-22(23)26)21-15-28-24-20(21)13-18(14-27-24)16-4-2-5-17(12-16)25(30)29-8-10-32-11-9-29/h2-7,12-15,22-23H,8-11H2,1H3,(H,27,28). The van der Waals surface area contributed by atoms with Gasteiger partial charge in [-0.15, -0.1) is 0 Å². The Hall–Kier alpha value is -3.29. The number of carbonyl (C=O) groups is 1. The number of allylic oxidation sites excluding steroid dienone is 2. The number of methoxy groups -OCH3 is 1. The molecule has 1 N–H and O–H groups in total. The number of carbonyl (C=O) groups excluding carboxylic acids is 1. The lowest BCUT2D eigenvalue weighted by Crippen LogP contribution is -2.40. The van der Waals surface area contributed by atoms with Crippen molar-refractivity contribution < 1.29 is 18.7 Å². The Bertz CT molecular complexity index is 1210. The van der Waals surface area contributed by atoms with E-state index in [1.54, 1.807) is 12.3 Å². The van der Waals surface area contributed by atoms with Gasteiger partial charge in [-0.2, -0.15) is 0 Å². The van der Waals surface area contributed by atoms with Crippen LogP contribution in [0.5, 0.6) is 0 Å². The van der Waals surface area contributed by atoms with Crippen LogP contribution in [0.15, 0.2) is 61.0 Å². The molecule has 0 saturated carbocycles. The third-order valence-electron chi connectivity index (χ3n) is 6.00. The molecule has 2 unspecified atom stereocenters. The van der Waals surface area contributed by atoms with Crippen LogP contribution >= 0.6 is 0 Å². The van der Waals surface area contributed by atoms with Crippen molar-refractivity contribution in [2.75, 3.05) is 33.4 Å². The third kappa shape index (κ3) is 3.74. The highest BCUT2D eigenvalue weighted by molar-refractivity contribution is 5.97. The zero-order valence-corrected chi connectivity index (χ0v) is 17.8. The molecule has 5 rings (SSSR count). The van der Waals surface area contributed by atoms with Crippen molar-refractivity contribution >= 4 is 22.5 Å². The fourth-order valence-electron chi connectivity index (χ4n) is 4.31. The molecule has 1 aliphatic heterocycles. The highest BCUT2D eigenvalue weighted by atomic mass is 19.1. The van der Waals surface area contributed by atoms with Gasteiger partial charge in [0.2, 0.25) is 0 Å². The van der Waals surface area contributed by atoms with Crippen molar-refractivity contribution in [3.05, 3.63) is 72.1 Å². The number of fused-ring (bicyclic) bond motifs is 1. The predicted octanol–water partition coefficient (Wildman–Crippen LogP) is 4.01. The number of nitrogens with one attached hydrogen (secondary N) is 1. The van der Waals surface area contributed by atoms with Gasteiger partial charge in [-0.25, -0.2) is 9.37 Å². The quantitative estimate of drug-likeness (QED) is 0.675. The van der Waals surface area contributed by atoms with E-state index < -0.39 is 12.3 Å². The molecule has 1 fully saturated rings. The van der Waals surface area contributed by atoms with Crippen molar-refractivity contribution in [2.45, 2.75) is 12.3 Å². The first-order valence-electron chi connectivity index (χ1n) is 10.7. The minimum Gasteiger partial charge on any atom is -0.378 e. The number of nitrogens with zero attached hydrogens (tertiary/aromatic N) is 2. The molecular weight excluding hydrogens is 409 g/mol. The summed E-state index contributed by atoms with van der Waals surface area (Å²) in [6.45, 7) is 2.33. The smallest absolute Gasteiger partial charge is 0.254 e. The number of rotatable bonds is 4. The summed E-state index contributed by atoms with van der Waals surface area (Å²) >= 11 is 0. The Morgan fingerprint density at radius 3 is 2.91 bits per heavy atom. The number of pyridine rings is 1. The molecule has 1 aromatic carbocycles. The van der Waals surface area contributed by atoms with E-state index in [9.17, 15) is 9.18 Å². The normalized spacial score (nSPS) is 21.1. The van der Waals surface area contributed by atoms with Gasteiger partial charge in [-0.1, -0.05) is 24.3 Å². The van der Waals surface area contributed by atoms with Crippen LogP contribution in [0.4, 0.5) is 4.39 Å². The predicted molar refractivity (Wildman–Crippen MR) is 121 cm³/mol. The maximum absolute atomic E-state index is 14.4. The number of alkyl halides is 1. The van der Waals surface area contributed by atoms with Gasteiger partial charge in [-0.3, -0.25) is 4.79 Å². The lowest BCUT2D eigenvalue weighted by Gasteiger charge is -2.27. The van der Waals surface area contributed by atoms with E-state index in [1.165, 1.54) is 13.2 Å². The Morgan fingerprint density at radius 2 is 2.09 bits per heavy atom. The van der Waals surface area contributed by atoms with Crippen LogP contribution in [0, 0.1) is 0 Å². The largest absolute Gasteiger partial charge is 0.378 e. The molecule has 1 aliphatic carbocycles. The lowest BCUT2D eigenvalue weighted by atomic mass is 9.93. The van der Waals surface area contributed by atoms with Crippen molar-refractivity contribution in [2.24, 2.45) is 0 Å². The van der Waals surface area contributed by atoms with Crippen molar-refractivity contribution in [1.82, 2.24) is 14.9 Å². The van der Waals surface area contributed by atoms with Crippen LogP contribution in [0.1, 0.15) is 15.9 Å². The third-order valence-corrected chi connectivity index (χ3v) is 6.00. The molecule has 0 spiro atoms. The number of amides is 1. The van der Waals surface area contributed by atoms with Crippen LogP contribution in [0.25, 0.3) is 27.7 Å². The number of ether oxygens (including phenoxy) is 2. The lowest BCUT2D eigenvalue weighted by molar-refractivity contribution is 0.0303. The number of hydrogen-bond acceptors (Lipinski definition) is 4. The first-order chi connectivity index (χ1) is 15.7. The van der Waals surface area contributed by atoms with E-state index in [-0.39, 0.29) is 5.91 Å². The number of H-pyrrole nitrogens is 1. The Kier molecular flexibility index (Phi) is 5.59. The molecule has 1 amide bonds. The molecule has 2 aromatic heterocycles. The summed E-state index contributed by atoms with van der Waals surface area (Å²) in [4.78, 5) is 22.4. The molecule has 0 radical (unpaired) electrons. The number of aromatic amines is 1. The molecular formula is C25H24FN3O3. The average molecular weight is 433 g/mol. The molecule has 2 aliphatic rings. The van der Waals surface area contributed by atoms with E-state index in [4.69, 9.17) is 9.47 Å². The zero-order chi connectivity index (χ0) is 22.1. The molecule has 2 atom stereocenters. The van der Waals surface area contributed by atoms with E-state index in [1.807, 2.05) is 47.5 Å². The van der Waals surface area contributed by atoms with Crippen molar-refractivity contribution in [1.29, 1.82) is 0 Å². The number of hydrogen-bond donors (Lipinski definition) is 1. The van der Waals surface area contributed by atoms with Gasteiger partial charge < -0.3 is 19.4 Å². The van der Waals surface area contributed by atoms with E-state index in [2.05, 4.69) is 9.97 Å². The van der Waals surface area contributed by atoms with Crippen LogP contribution in [-0.2, 0) is 9.47 Å². The number of halogens is 1. The summed E-state index contributed by atoms with van der Waals surface area (Å²) in [5, 5.41) is 0.878. The molecule has 3 aromatic rings. The Labute approximate surface area is 185 Å². The molecule has 7 heteroatoms. The van der Waals surface area contributed by atoms with Crippen LogP contribution < -0.4 is 0 Å². The van der Waals surface area contributed by atoms with Crippen LogP contribution in [0.2, 0.25) is 0 Å². The summed E-state index contributed by atoms with van der Waals surface area (Å²) in [6, 6.07) is 9.59. The minimum atomic E-state index is -1.20. The second-order valence-electron chi connectivity index (χ2n) is 7.92. The molecule has 3 heterocycles. The summed E-state index contributed by atoms with van der Waals surface area (Å²) < 4.78 is 25.2. The Morgan fingerprint density at radius 1 is 1.25 bits per heavy atom. The summed E-state index contributed by atoms with van der Waals surface area (Å²) in [5.74, 6) is 0.00240. The van der Waals surface area contributed by atoms with E-state index in [0.29, 0.717) is 37.5 Å². The van der Waals surface area contributed by atoms with Gasteiger partial charge in [0.25, 0.3) is 5.91 Å². The molecule has 1 saturated heterocycles. The molecule has 0 bridgehead atoms. The van der Waals surface area contributed by atoms with Crippen molar-refractivity contribution in [3.8, 4) is 11.1 Å². The number of benzene rings is 1. The fourth-order valence-corrected chi connectivity index (χ4v) is 4.31. The second-order valence-corrected chi connectivity index (χ2v) is 7.92. The highest BCUT2D eigenvalue weighted by Gasteiger charge is 2.27. The molecule has 6 nitrogen and oxygen atoms in total. The van der Waals surface area contributed by atoms with Crippen LogP contribution in [0.3, 0.4) is 0 Å². The van der Waals surface area contributed by atoms with E-state index in [0.717, 1.165) is 27.6 Å². The number of aromatic nitrogens is 2. The van der Waals surface area contributed by atoms with Gasteiger partial charge >= 0.3 is 0 Å². The average Bonchev–Trinajstić information content (AvgIpc) is 3.27. The molecule has 32 heavy (non-hydrogen) atoms.